The summed E-state index contributed by atoms with van der Waals surface area (Å²) < 4.78 is 0. The molecule has 3 N–H and O–H groups in total. The lowest BCUT2D eigenvalue weighted by Crippen LogP contribution is -2.25. The highest BCUT2D eigenvalue weighted by Crippen LogP contribution is 2.29. The third-order valence-electron chi connectivity index (χ3n) is 3.22. The van der Waals surface area contributed by atoms with Crippen LogP contribution in [-0.2, 0) is 0 Å². The van der Waals surface area contributed by atoms with Crippen molar-refractivity contribution in [1.29, 1.82) is 0 Å². The van der Waals surface area contributed by atoms with Gasteiger partial charge in [-0.25, -0.2) is 9.97 Å². The molecule has 0 fully saturated rings. The molecule has 5 nitrogen and oxygen atoms in total. The Bertz CT molecular complexity index is 404. The summed E-state index contributed by atoms with van der Waals surface area (Å²) in [6.45, 7) is 9.49. The molecule has 1 heterocycles. The summed E-state index contributed by atoms with van der Waals surface area (Å²) >= 11 is 0. The first kappa shape index (κ1) is 15.7. The molecule has 0 aliphatic heterocycles. The van der Waals surface area contributed by atoms with Gasteiger partial charge in [0.1, 0.15) is 18.0 Å². The first-order chi connectivity index (χ1) is 8.91. The molecule has 1 aromatic heterocycles. The zero-order chi connectivity index (χ0) is 14.5. The van der Waals surface area contributed by atoms with Crippen molar-refractivity contribution in [2.75, 3.05) is 30.8 Å². The van der Waals surface area contributed by atoms with Crippen molar-refractivity contribution in [1.82, 2.24) is 9.97 Å². The van der Waals surface area contributed by atoms with Crippen LogP contribution >= 0.6 is 0 Å². The highest BCUT2D eigenvalue weighted by atomic mass is 16.3. The van der Waals surface area contributed by atoms with Crippen LogP contribution in [-0.4, -0.2) is 35.3 Å². The van der Waals surface area contributed by atoms with Crippen LogP contribution in [0.15, 0.2) is 6.33 Å². The van der Waals surface area contributed by atoms with Crippen LogP contribution in [0.4, 0.5) is 11.6 Å². The lowest BCUT2D eigenvalue weighted by molar-refractivity contribution is 0.220. The minimum absolute atomic E-state index is 0.0355. The Kier molecular flexibility index (Phi) is 5.54. The number of hydrogen-bond donors (Lipinski definition) is 3. The maximum absolute atomic E-state index is 9.06. The Labute approximate surface area is 115 Å². The normalized spacial score (nSPS) is 11.7. The quantitative estimate of drug-likeness (QED) is 0.707. The summed E-state index contributed by atoms with van der Waals surface area (Å²) in [6, 6.07) is 0. The van der Waals surface area contributed by atoms with Gasteiger partial charge in [0.25, 0.3) is 0 Å². The second kappa shape index (κ2) is 6.70. The molecular weight excluding hydrogens is 240 g/mol. The van der Waals surface area contributed by atoms with Crippen molar-refractivity contribution >= 4 is 11.6 Å². The van der Waals surface area contributed by atoms with Crippen molar-refractivity contribution in [3.8, 4) is 0 Å². The van der Waals surface area contributed by atoms with Gasteiger partial charge in [0.2, 0.25) is 0 Å². The fourth-order valence-corrected chi connectivity index (χ4v) is 2.00. The van der Waals surface area contributed by atoms with Crippen molar-refractivity contribution in [3.05, 3.63) is 11.9 Å². The highest BCUT2D eigenvalue weighted by Gasteiger charge is 2.19. The summed E-state index contributed by atoms with van der Waals surface area (Å²) in [6.07, 6.45) is 2.33. The summed E-state index contributed by atoms with van der Waals surface area (Å²) in [4.78, 5) is 8.60. The highest BCUT2D eigenvalue weighted by molar-refractivity contribution is 5.58. The lowest BCUT2D eigenvalue weighted by atomic mass is 9.89. The van der Waals surface area contributed by atoms with Crippen molar-refractivity contribution < 1.29 is 5.11 Å². The molecule has 0 saturated carbocycles. The van der Waals surface area contributed by atoms with Crippen molar-refractivity contribution in [3.63, 3.8) is 0 Å². The number of anilines is 2. The van der Waals surface area contributed by atoms with E-state index in [1.54, 1.807) is 6.33 Å². The minimum Gasteiger partial charge on any atom is -0.396 e. The topological polar surface area (TPSA) is 70.1 Å². The molecule has 0 bridgehead atoms. The second-order valence-electron chi connectivity index (χ2n) is 5.88. The Hall–Kier alpha value is -1.36. The van der Waals surface area contributed by atoms with Crippen molar-refractivity contribution in [2.45, 2.75) is 40.0 Å². The van der Waals surface area contributed by atoms with Gasteiger partial charge < -0.3 is 15.7 Å². The van der Waals surface area contributed by atoms with Crippen LogP contribution in [0, 0.1) is 5.41 Å². The largest absolute Gasteiger partial charge is 0.396 e. The minimum atomic E-state index is 0.0355. The first-order valence-electron chi connectivity index (χ1n) is 6.78. The SMILES string of the molecule is CNc1ncnc(NCC(C)(C)CCO)c1C(C)C. The average molecular weight is 266 g/mol. The Morgan fingerprint density at radius 2 is 1.89 bits per heavy atom. The summed E-state index contributed by atoms with van der Waals surface area (Å²) in [5.74, 6) is 2.08. The van der Waals surface area contributed by atoms with Crippen LogP contribution in [0.1, 0.15) is 45.6 Å². The van der Waals surface area contributed by atoms with Crippen LogP contribution in [0.3, 0.4) is 0 Å². The van der Waals surface area contributed by atoms with Crippen molar-refractivity contribution in [2.24, 2.45) is 5.41 Å². The van der Waals surface area contributed by atoms with Crippen LogP contribution in [0.25, 0.3) is 0 Å². The fraction of sp³-hybridized carbons (Fsp3) is 0.714. The molecule has 0 spiro atoms. The number of nitrogens with one attached hydrogen (secondary N) is 2. The second-order valence-corrected chi connectivity index (χ2v) is 5.88. The molecule has 0 atom stereocenters. The Morgan fingerprint density at radius 3 is 2.42 bits per heavy atom. The first-order valence-corrected chi connectivity index (χ1v) is 6.78. The van der Waals surface area contributed by atoms with Gasteiger partial charge in [0.15, 0.2) is 0 Å². The van der Waals surface area contributed by atoms with E-state index in [4.69, 9.17) is 5.11 Å². The third-order valence-corrected chi connectivity index (χ3v) is 3.22. The molecule has 0 saturated heterocycles. The van der Waals surface area contributed by atoms with E-state index in [2.05, 4.69) is 48.3 Å². The maximum Gasteiger partial charge on any atom is 0.135 e. The number of rotatable bonds is 7. The predicted octanol–water partition coefficient (Wildman–Crippen LogP) is 2.46. The van der Waals surface area contributed by atoms with Gasteiger partial charge in [-0.3, -0.25) is 0 Å². The summed E-state index contributed by atoms with van der Waals surface area (Å²) in [5.41, 5.74) is 1.14. The monoisotopic (exact) mass is 266 g/mol. The van der Waals surface area contributed by atoms with Gasteiger partial charge in [0.05, 0.1) is 0 Å². The summed E-state index contributed by atoms with van der Waals surface area (Å²) in [7, 11) is 1.87. The number of aliphatic hydroxyl groups excluding tert-OH is 1. The van der Waals surface area contributed by atoms with E-state index < -0.39 is 0 Å². The van der Waals surface area contributed by atoms with E-state index in [9.17, 15) is 0 Å². The van der Waals surface area contributed by atoms with E-state index in [-0.39, 0.29) is 12.0 Å². The molecule has 1 aromatic rings. The molecular formula is C14H26N4O. The molecule has 0 aliphatic rings. The Balaban J connectivity index is 2.89. The molecule has 0 unspecified atom stereocenters. The van der Waals surface area contributed by atoms with Gasteiger partial charge in [-0.2, -0.15) is 0 Å². The molecule has 0 amide bonds. The van der Waals surface area contributed by atoms with Crippen LogP contribution in [0.5, 0.6) is 0 Å². The van der Waals surface area contributed by atoms with Gasteiger partial charge >= 0.3 is 0 Å². The third kappa shape index (κ3) is 4.35. The van der Waals surface area contributed by atoms with E-state index in [1.165, 1.54) is 0 Å². The predicted molar refractivity (Wildman–Crippen MR) is 79.6 cm³/mol. The van der Waals surface area contributed by atoms with Gasteiger partial charge in [0, 0.05) is 25.8 Å². The standard InChI is InChI=1S/C14H26N4O/c1-10(2)11-12(15-5)17-9-18-13(11)16-8-14(3,4)6-7-19/h9-10,19H,6-8H2,1-5H3,(H2,15,16,17,18). The smallest absolute Gasteiger partial charge is 0.135 e. The molecule has 108 valence electrons. The number of hydrogen-bond acceptors (Lipinski definition) is 5. The number of aromatic nitrogens is 2. The molecule has 0 radical (unpaired) electrons. The van der Waals surface area contributed by atoms with E-state index >= 15 is 0 Å². The van der Waals surface area contributed by atoms with Gasteiger partial charge in [-0.1, -0.05) is 27.7 Å². The van der Waals surface area contributed by atoms with Gasteiger partial charge in [-0.05, 0) is 17.8 Å². The molecule has 0 aromatic carbocycles. The average Bonchev–Trinajstić information content (AvgIpc) is 2.35. The molecule has 0 aliphatic carbocycles. The molecule has 19 heavy (non-hydrogen) atoms. The van der Waals surface area contributed by atoms with E-state index in [0.717, 1.165) is 30.2 Å². The van der Waals surface area contributed by atoms with E-state index in [1.807, 2.05) is 7.05 Å². The van der Waals surface area contributed by atoms with Gasteiger partial charge in [-0.15, -0.1) is 0 Å². The fourth-order valence-electron chi connectivity index (χ4n) is 2.00. The van der Waals surface area contributed by atoms with E-state index in [0.29, 0.717) is 5.92 Å². The van der Waals surface area contributed by atoms with Crippen LogP contribution < -0.4 is 10.6 Å². The Morgan fingerprint density at radius 1 is 1.26 bits per heavy atom. The molecule has 1 rings (SSSR count). The number of nitrogens with zero attached hydrogens (tertiary/aromatic N) is 2. The zero-order valence-corrected chi connectivity index (χ0v) is 12.6. The number of aliphatic hydroxyl groups is 1. The zero-order valence-electron chi connectivity index (χ0n) is 12.6. The molecule has 5 heteroatoms. The lowest BCUT2D eigenvalue weighted by Gasteiger charge is -2.25. The summed E-state index contributed by atoms with van der Waals surface area (Å²) in [5, 5.41) is 15.6. The maximum atomic E-state index is 9.06. The van der Waals surface area contributed by atoms with Crippen LogP contribution in [0.2, 0.25) is 0 Å².